The van der Waals surface area contributed by atoms with Crippen molar-refractivity contribution in [3.8, 4) is 11.5 Å². The van der Waals surface area contributed by atoms with Crippen molar-refractivity contribution >= 4 is 17.6 Å². The number of nitrogens with one attached hydrogen (secondary N) is 1. The van der Waals surface area contributed by atoms with Crippen LogP contribution in [0.4, 0.5) is 5.69 Å². The van der Waals surface area contributed by atoms with Gasteiger partial charge in [0.05, 0.1) is 26.7 Å². The highest BCUT2D eigenvalue weighted by atomic mass is 16.5. The predicted octanol–water partition coefficient (Wildman–Crippen LogP) is 2.31. The molecule has 1 aromatic rings. The van der Waals surface area contributed by atoms with Gasteiger partial charge in [-0.3, -0.25) is 9.59 Å². The second kappa shape index (κ2) is 10.0. The Balaban J connectivity index is 1.84. The largest absolute Gasteiger partial charge is 0.497 e. The van der Waals surface area contributed by atoms with Crippen LogP contribution < -0.4 is 14.8 Å². The Morgan fingerprint density at radius 2 is 1.88 bits per heavy atom. The first-order valence-corrected chi connectivity index (χ1v) is 8.97. The number of benzene rings is 1. The van der Waals surface area contributed by atoms with Crippen molar-refractivity contribution in [2.24, 2.45) is 5.92 Å². The number of methoxy groups -OCH3 is 2. The van der Waals surface area contributed by atoms with Crippen LogP contribution in [-0.2, 0) is 14.3 Å². The van der Waals surface area contributed by atoms with Crippen molar-refractivity contribution in [1.29, 1.82) is 0 Å². The van der Waals surface area contributed by atoms with Crippen LogP contribution in [0.5, 0.6) is 11.5 Å². The number of hydrogen-bond donors (Lipinski definition) is 1. The lowest BCUT2D eigenvalue weighted by atomic mass is 9.98. The van der Waals surface area contributed by atoms with Crippen LogP contribution in [0.15, 0.2) is 18.2 Å². The number of carbonyl (C=O) groups excluding carboxylic acids is 2. The number of carbonyl (C=O) groups is 2. The van der Waals surface area contributed by atoms with E-state index in [9.17, 15) is 9.59 Å². The molecule has 7 heteroatoms. The molecule has 1 heterocycles. The molecule has 1 saturated heterocycles. The molecular formula is C19H28N2O5. The minimum Gasteiger partial charge on any atom is -0.497 e. The fourth-order valence-corrected chi connectivity index (χ4v) is 3.07. The van der Waals surface area contributed by atoms with Crippen molar-refractivity contribution in [1.82, 2.24) is 4.90 Å². The fourth-order valence-electron chi connectivity index (χ4n) is 3.07. The molecule has 7 nitrogen and oxygen atoms in total. The van der Waals surface area contributed by atoms with Crippen LogP contribution in [0.1, 0.15) is 26.2 Å². The average molecular weight is 364 g/mol. The zero-order valence-electron chi connectivity index (χ0n) is 15.7. The maximum Gasteiger partial charge on any atom is 0.310 e. The summed E-state index contributed by atoms with van der Waals surface area (Å²) in [5.41, 5.74) is 0.634. The molecule has 0 aromatic heterocycles. The third kappa shape index (κ3) is 5.91. The lowest BCUT2D eigenvalue weighted by Gasteiger charge is -2.31. The van der Waals surface area contributed by atoms with E-state index in [2.05, 4.69) is 10.2 Å². The summed E-state index contributed by atoms with van der Waals surface area (Å²) in [6.07, 6.45) is 2.15. The highest BCUT2D eigenvalue weighted by molar-refractivity contribution is 5.91. The summed E-state index contributed by atoms with van der Waals surface area (Å²) in [6.45, 7) is 4.39. The first-order chi connectivity index (χ1) is 12.5. The van der Waals surface area contributed by atoms with Gasteiger partial charge in [-0.2, -0.15) is 0 Å². The van der Waals surface area contributed by atoms with Gasteiger partial charge >= 0.3 is 5.97 Å². The van der Waals surface area contributed by atoms with Crippen molar-refractivity contribution in [3.63, 3.8) is 0 Å². The van der Waals surface area contributed by atoms with Crippen molar-refractivity contribution < 1.29 is 23.8 Å². The smallest absolute Gasteiger partial charge is 0.310 e. The highest BCUT2D eigenvalue weighted by Crippen LogP contribution is 2.26. The minimum atomic E-state index is -0.134. The Morgan fingerprint density at radius 1 is 1.19 bits per heavy atom. The van der Waals surface area contributed by atoms with Gasteiger partial charge in [-0.15, -0.1) is 0 Å². The number of piperidine rings is 1. The molecule has 1 aliphatic heterocycles. The van der Waals surface area contributed by atoms with Gasteiger partial charge in [0, 0.05) is 43.4 Å². The van der Waals surface area contributed by atoms with E-state index >= 15 is 0 Å². The molecule has 0 radical (unpaired) electrons. The molecule has 0 saturated carbocycles. The average Bonchev–Trinajstić information content (AvgIpc) is 2.66. The number of nitrogens with zero attached hydrogens (tertiary/aromatic N) is 1. The minimum absolute atomic E-state index is 0.0847. The Hall–Kier alpha value is -2.28. The quantitative estimate of drug-likeness (QED) is 0.714. The molecule has 2 rings (SSSR count). The van der Waals surface area contributed by atoms with E-state index in [1.54, 1.807) is 32.4 Å². The summed E-state index contributed by atoms with van der Waals surface area (Å²) in [4.78, 5) is 26.3. The van der Waals surface area contributed by atoms with Crippen LogP contribution in [-0.4, -0.2) is 57.2 Å². The topological polar surface area (TPSA) is 77.1 Å². The number of esters is 1. The molecule has 1 amide bonds. The van der Waals surface area contributed by atoms with Gasteiger partial charge in [0.15, 0.2) is 0 Å². The fraction of sp³-hybridized carbons (Fsp3) is 0.579. The molecule has 1 fully saturated rings. The molecule has 144 valence electrons. The zero-order valence-corrected chi connectivity index (χ0v) is 15.7. The maximum absolute atomic E-state index is 12.3. The van der Waals surface area contributed by atoms with Crippen molar-refractivity contribution in [2.45, 2.75) is 26.2 Å². The summed E-state index contributed by atoms with van der Waals surface area (Å²) in [5.74, 6) is 0.930. The van der Waals surface area contributed by atoms with Gasteiger partial charge in [0.25, 0.3) is 0 Å². The van der Waals surface area contributed by atoms with E-state index in [-0.39, 0.29) is 17.8 Å². The summed E-state index contributed by atoms with van der Waals surface area (Å²) in [6, 6.07) is 5.25. The summed E-state index contributed by atoms with van der Waals surface area (Å²) >= 11 is 0. The number of anilines is 1. The number of hydrogen-bond acceptors (Lipinski definition) is 6. The van der Waals surface area contributed by atoms with E-state index in [1.165, 1.54) is 0 Å². The number of ether oxygens (including phenoxy) is 3. The van der Waals surface area contributed by atoms with Crippen LogP contribution in [0.25, 0.3) is 0 Å². The number of likely N-dealkylation sites (tertiary alicyclic amines) is 1. The van der Waals surface area contributed by atoms with Gasteiger partial charge < -0.3 is 24.4 Å². The molecule has 26 heavy (non-hydrogen) atoms. The second-order valence-electron chi connectivity index (χ2n) is 6.29. The van der Waals surface area contributed by atoms with E-state index in [4.69, 9.17) is 14.2 Å². The van der Waals surface area contributed by atoms with E-state index in [1.807, 2.05) is 6.92 Å². The normalized spacial score (nSPS) is 17.4. The Kier molecular flexibility index (Phi) is 7.72. The SMILES string of the molecule is CCOC(=O)C1CCCN(CCC(=O)Nc2cc(OC)cc(OC)c2)C1. The van der Waals surface area contributed by atoms with Gasteiger partial charge in [-0.1, -0.05) is 0 Å². The van der Waals surface area contributed by atoms with E-state index in [0.717, 1.165) is 19.4 Å². The Bertz CT molecular complexity index is 598. The first kappa shape index (κ1) is 20.0. The van der Waals surface area contributed by atoms with Crippen LogP contribution in [0.3, 0.4) is 0 Å². The maximum atomic E-state index is 12.3. The summed E-state index contributed by atoms with van der Waals surface area (Å²) in [5, 5.41) is 2.87. The molecule has 1 unspecified atom stereocenters. The monoisotopic (exact) mass is 364 g/mol. The van der Waals surface area contributed by atoms with Gasteiger partial charge in [0.2, 0.25) is 5.91 Å². The zero-order chi connectivity index (χ0) is 18.9. The summed E-state index contributed by atoms with van der Waals surface area (Å²) < 4.78 is 15.5. The van der Waals surface area contributed by atoms with Gasteiger partial charge in [-0.25, -0.2) is 0 Å². The molecule has 0 bridgehead atoms. The second-order valence-corrected chi connectivity index (χ2v) is 6.29. The number of amides is 1. The molecule has 0 spiro atoms. The third-order valence-corrected chi connectivity index (χ3v) is 4.42. The lowest BCUT2D eigenvalue weighted by molar-refractivity contribution is -0.149. The molecule has 1 N–H and O–H groups in total. The lowest BCUT2D eigenvalue weighted by Crippen LogP contribution is -2.40. The van der Waals surface area contributed by atoms with Gasteiger partial charge in [0.1, 0.15) is 11.5 Å². The van der Waals surface area contributed by atoms with E-state index < -0.39 is 0 Å². The van der Waals surface area contributed by atoms with Crippen LogP contribution in [0, 0.1) is 5.92 Å². The van der Waals surface area contributed by atoms with Crippen LogP contribution >= 0.6 is 0 Å². The predicted molar refractivity (Wildman–Crippen MR) is 98.6 cm³/mol. The van der Waals surface area contributed by atoms with Crippen LogP contribution in [0.2, 0.25) is 0 Å². The Labute approximate surface area is 154 Å². The standard InChI is InChI=1S/C19H28N2O5/c1-4-26-19(23)14-6-5-8-21(13-14)9-7-18(22)20-15-10-16(24-2)12-17(11-15)25-3/h10-12,14H,4-9,13H2,1-3H3,(H,20,22). The van der Waals surface area contributed by atoms with Crippen molar-refractivity contribution in [2.75, 3.05) is 45.8 Å². The molecule has 1 atom stereocenters. The van der Waals surface area contributed by atoms with Gasteiger partial charge in [-0.05, 0) is 26.3 Å². The highest BCUT2D eigenvalue weighted by Gasteiger charge is 2.26. The molecule has 1 aromatic carbocycles. The van der Waals surface area contributed by atoms with E-state index in [0.29, 0.717) is 43.3 Å². The molecular weight excluding hydrogens is 336 g/mol. The Morgan fingerprint density at radius 3 is 2.50 bits per heavy atom. The molecule has 0 aliphatic carbocycles. The first-order valence-electron chi connectivity index (χ1n) is 8.97. The van der Waals surface area contributed by atoms with Crippen molar-refractivity contribution in [3.05, 3.63) is 18.2 Å². The summed E-state index contributed by atoms with van der Waals surface area (Å²) in [7, 11) is 3.13. The number of rotatable bonds is 8. The molecule has 1 aliphatic rings. The third-order valence-electron chi connectivity index (χ3n) is 4.42.